The van der Waals surface area contributed by atoms with Crippen molar-refractivity contribution in [2.45, 2.75) is 141 Å². The molecule has 522 valence electrons. The number of carbonyl (C=O) groups is 2. The molecule has 5 fully saturated rings. The molecule has 49 nitrogen and oxygen atoms in total. The second-order valence-electron chi connectivity index (χ2n) is 19.2. The van der Waals surface area contributed by atoms with Gasteiger partial charge in [0.2, 0.25) is 0 Å². The van der Waals surface area contributed by atoms with E-state index in [-0.39, 0.29) is 0 Å². The monoisotopic (exact) mass is 1420 g/mol. The third-order valence-corrected chi connectivity index (χ3v) is 16.1. The number of ether oxygens (including phenoxy) is 10. The van der Waals surface area contributed by atoms with Crippen molar-refractivity contribution in [3.63, 3.8) is 0 Å². The van der Waals surface area contributed by atoms with E-state index < -0.39 is 262 Å². The maximum Gasteiger partial charge on any atom is 0.397 e. The first-order valence-corrected chi connectivity index (χ1v) is 31.4. The molecule has 89 heavy (non-hydrogen) atoms. The zero-order valence-corrected chi connectivity index (χ0v) is 48.4. The summed E-state index contributed by atoms with van der Waals surface area (Å²) in [5, 5.41) is 124. The predicted octanol–water partition coefficient (Wildman–Crippen LogP) is -11.4. The van der Waals surface area contributed by atoms with Crippen LogP contribution in [0.25, 0.3) is 0 Å². The van der Waals surface area contributed by atoms with Crippen LogP contribution in [0.3, 0.4) is 0 Å². The van der Waals surface area contributed by atoms with E-state index in [1.54, 1.807) is 4.72 Å². The van der Waals surface area contributed by atoms with E-state index in [0.717, 1.165) is 7.11 Å². The fraction of sp³-hybridized carbons (Fsp3) is 0.943. The number of hydrogen-bond acceptors (Lipinski definition) is 39. The number of rotatable bonds is 34. The summed E-state index contributed by atoms with van der Waals surface area (Å²) >= 11 is 0. The van der Waals surface area contributed by atoms with Gasteiger partial charge >= 0.3 is 63.6 Å². The highest BCUT2D eigenvalue weighted by atomic mass is 32.3. The Morgan fingerprint density at radius 3 is 1.29 bits per heavy atom. The Labute approximate surface area is 498 Å². The van der Waals surface area contributed by atoms with Crippen LogP contribution < -0.4 is 14.2 Å². The lowest BCUT2D eigenvalue weighted by atomic mass is 9.88. The van der Waals surface area contributed by atoms with Crippen LogP contribution in [-0.2, 0) is 147 Å². The van der Waals surface area contributed by atoms with Gasteiger partial charge in [0.15, 0.2) is 37.2 Å². The van der Waals surface area contributed by atoms with Crippen LogP contribution >= 0.6 is 0 Å². The third kappa shape index (κ3) is 21.9. The summed E-state index contributed by atoms with van der Waals surface area (Å²) in [7, 11) is -27.1. The minimum absolute atomic E-state index is 0.853. The lowest BCUT2D eigenvalue weighted by Crippen LogP contribution is -2.69. The van der Waals surface area contributed by atoms with Gasteiger partial charge in [-0.2, -0.15) is 56.3 Å². The lowest BCUT2D eigenvalue weighted by Gasteiger charge is -2.48. The van der Waals surface area contributed by atoms with E-state index >= 15 is 0 Å². The number of nitrogens with one attached hydrogen (secondary N) is 3. The molecule has 0 aromatic heterocycles. The number of hydrogen-bond donors (Lipinski definition) is 19. The topological polar surface area (TPSA) is 731 Å². The van der Waals surface area contributed by atoms with Gasteiger partial charge in [-0.25, -0.2) is 48.4 Å². The molecule has 0 amide bonds. The largest absolute Gasteiger partial charge is 0.479 e. The number of methoxy groups -OCH3 is 1. The number of aliphatic hydroxyl groups excluding tert-OH is 6. The van der Waals surface area contributed by atoms with Crippen molar-refractivity contribution in [1.82, 2.24) is 14.2 Å². The molecular weight excluding hydrogens is 1360 g/mol. The van der Waals surface area contributed by atoms with Gasteiger partial charge in [0, 0.05) is 18.9 Å². The van der Waals surface area contributed by atoms with E-state index in [2.05, 4.69) is 34.0 Å². The SMILES string of the molecule is CO[C@H]1OC(COOO)[C@@H](O[C@@H]2OC(C(=O)O)[C@@H](COC[C@H]3OC(COOO)[C@@H](O[C@@H]4OC(C(=O)O)[C@@H](COC[C@H]5OC(COOO)[C@@H](O)[C@@H](O)C5NS(=O)(=O)O)[C@@H](O)C4O)[C@@H](OS(=O)(=O)O)C3NS(=O)(=O)O)[C@@H](O)C2OS(=O)(=O)O)[C@@H](O)C1NS(=O)(=O)O. The first kappa shape index (κ1) is 77.0. The van der Waals surface area contributed by atoms with E-state index in [1.165, 1.54) is 9.44 Å². The molecule has 5 saturated heterocycles. The quantitative estimate of drug-likeness (QED) is 0.0162. The van der Waals surface area contributed by atoms with Gasteiger partial charge in [-0.1, -0.05) is 15.1 Å². The lowest BCUT2D eigenvalue weighted by molar-refractivity contribution is -0.499. The molecule has 0 saturated carbocycles. The molecule has 0 aliphatic carbocycles. The van der Waals surface area contributed by atoms with Gasteiger partial charge in [-0.15, -0.1) is 0 Å². The molecule has 25 atom stereocenters. The highest BCUT2D eigenvalue weighted by molar-refractivity contribution is 7.84. The Kier molecular flexibility index (Phi) is 28.2. The van der Waals surface area contributed by atoms with E-state index in [9.17, 15) is 115 Å². The summed E-state index contributed by atoms with van der Waals surface area (Å²) in [5.74, 6) is -8.31. The van der Waals surface area contributed by atoms with Crippen LogP contribution in [0.5, 0.6) is 0 Å². The van der Waals surface area contributed by atoms with Crippen molar-refractivity contribution >= 4 is 63.6 Å². The van der Waals surface area contributed by atoms with Crippen LogP contribution in [-0.4, -0.2) is 328 Å². The fourth-order valence-corrected chi connectivity index (χ4v) is 12.6. The molecule has 0 radical (unpaired) electrons. The van der Waals surface area contributed by atoms with Crippen molar-refractivity contribution in [3.05, 3.63) is 0 Å². The van der Waals surface area contributed by atoms with Gasteiger partial charge in [0.25, 0.3) is 0 Å². The van der Waals surface area contributed by atoms with Crippen molar-refractivity contribution < 1.29 is 217 Å². The molecule has 5 heterocycles. The van der Waals surface area contributed by atoms with Gasteiger partial charge < -0.3 is 88.2 Å². The number of carboxylic acid groups (broad SMARTS) is 2. The highest BCUT2D eigenvalue weighted by Crippen LogP contribution is 2.37. The van der Waals surface area contributed by atoms with Crippen molar-refractivity contribution in [3.8, 4) is 0 Å². The van der Waals surface area contributed by atoms with Crippen molar-refractivity contribution in [2.75, 3.05) is 53.4 Å². The molecule has 5 aliphatic heterocycles. The highest BCUT2D eigenvalue weighted by Gasteiger charge is 2.58. The maximum absolute atomic E-state index is 12.8. The van der Waals surface area contributed by atoms with Crippen LogP contribution in [0.15, 0.2) is 0 Å². The first-order valence-electron chi connectivity index (χ1n) is 24.4. The first-order chi connectivity index (χ1) is 41.2. The number of carboxylic acids is 2. The van der Waals surface area contributed by atoms with Crippen LogP contribution in [0.4, 0.5) is 0 Å². The Morgan fingerprint density at radius 1 is 0.404 bits per heavy atom. The second kappa shape index (κ2) is 32.6. The normalized spacial score (nSPS) is 38.7. The summed E-state index contributed by atoms with van der Waals surface area (Å²) in [6.07, 6.45) is -46.5. The second-order valence-corrected chi connectivity index (χ2v) is 24.8. The van der Waals surface area contributed by atoms with Gasteiger partial charge in [-0.05, 0) is 0 Å². The van der Waals surface area contributed by atoms with E-state index in [0.29, 0.717) is 0 Å². The van der Waals surface area contributed by atoms with Gasteiger partial charge in [0.05, 0.1) is 50.7 Å². The summed E-state index contributed by atoms with van der Waals surface area (Å²) in [5.41, 5.74) is 0. The maximum atomic E-state index is 12.8. The minimum atomic E-state index is -5.98. The molecule has 0 bridgehead atoms. The minimum Gasteiger partial charge on any atom is -0.479 e. The molecule has 5 aliphatic rings. The van der Waals surface area contributed by atoms with Crippen LogP contribution in [0.2, 0.25) is 0 Å². The van der Waals surface area contributed by atoms with E-state index in [1.807, 2.05) is 0 Å². The van der Waals surface area contributed by atoms with Crippen molar-refractivity contribution in [2.24, 2.45) is 11.8 Å². The zero-order chi connectivity index (χ0) is 66.9. The predicted molar refractivity (Wildman–Crippen MR) is 257 cm³/mol. The zero-order valence-electron chi connectivity index (χ0n) is 44.3. The smallest absolute Gasteiger partial charge is 0.397 e. The molecule has 10 unspecified atom stereocenters. The summed E-state index contributed by atoms with van der Waals surface area (Å²) in [6.45, 7) is -7.86. The third-order valence-electron chi connectivity index (χ3n) is 13.4. The van der Waals surface area contributed by atoms with Crippen molar-refractivity contribution in [1.29, 1.82) is 0 Å². The number of aliphatic carboxylic acids is 2. The molecule has 0 spiro atoms. The Balaban J connectivity index is 1.42. The summed E-state index contributed by atoms with van der Waals surface area (Å²) in [4.78, 5) is 38.5. The Hall–Kier alpha value is -2.71. The fourth-order valence-electron chi connectivity index (χ4n) is 9.78. The molecular formula is C35H61N3O46S5. The standard InChI is InChI=1S/C35H61N3O46S5/c1-67-33-18(38-87(58,59)60)23(43)27(14(75-33)7-71-83-50)78-35-30(81-89(64,65)66)20(40)10(26(77-35)32(47)48)3-69-5-12-17(37-86(55,56)57)29(80-88(61,62)63)28(15(74-12)8-72-84-51)79-34-24(44)19(39)9(25(76-34)31(45)46)2-68-4-11-16(36-85(52,53)54)22(42)21(41)13(73-11)6-70-82-49/h9-30,33-44,49-51H,2-8H2,1H3,(H,45,46)(H,47,48)(H,52,53,54)(H,55,56,57)(H,58,59,60)(H,61,62,63)(H,64,65,66)/t9-,10-,11+,12+,13?,14?,15?,16?,17?,18?,19+,20+,21+,22-,23-,24?,25?,26?,27+,28+,29-,30?,33-,34-,35-/m0/s1. The summed E-state index contributed by atoms with van der Waals surface area (Å²) in [6, 6.07) is -6.66. The molecule has 5 rings (SSSR count). The molecule has 0 aromatic rings. The van der Waals surface area contributed by atoms with E-state index in [4.69, 9.17) is 67.3 Å². The Morgan fingerprint density at radius 2 is 0.820 bits per heavy atom. The average molecular weight is 1420 g/mol. The van der Waals surface area contributed by atoms with Crippen LogP contribution in [0.1, 0.15) is 0 Å². The average Bonchev–Trinajstić information content (AvgIpc) is 2.44. The summed E-state index contributed by atoms with van der Waals surface area (Å²) < 4.78 is 238. The molecule has 54 heteroatoms. The van der Waals surface area contributed by atoms with Gasteiger partial charge in [0.1, 0.15) is 99.1 Å². The van der Waals surface area contributed by atoms with Gasteiger partial charge in [-0.3, -0.25) is 22.8 Å². The molecule has 0 aromatic carbocycles. The Bertz CT molecular complexity index is 2860. The van der Waals surface area contributed by atoms with Crippen LogP contribution in [0, 0.1) is 11.8 Å². The molecule has 19 N–H and O–H groups in total. The number of aliphatic hydroxyl groups is 6.